The number of anilines is 1. The fourth-order valence-electron chi connectivity index (χ4n) is 1.08. The summed E-state index contributed by atoms with van der Waals surface area (Å²) in [7, 11) is 1.43. The molecule has 2 amide bonds. The number of hydrogen-bond donors (Lipinski definition) is 2. The smallest absolute Gasteiger partial charge is 0.356 e. The first-order chi connectivity index (χ1) is 7.58. The highest BCUT2D eigenvalue weighted by atomic mass is 32.1. The van der Waals surface area contributed by atoms with Gasteiger partial charge < -0.3 is 15.2 Å². The predicted molar refractivity (Wildman–Crippen MR) is 58.8 cm³/mol. The van der Waals surface area contributed by atoms with E-state index in [1.54, 1.807) is 0 Å². The minimum atomic E-state index is -1.16. The van der Waals surface area contributed by atoms with Gasteiger partial charge in [-0.05, 0) is 12.1 Å². The van der Waals surface area contributed by atoms with Gasteiger partial charge in [-0.3, -0.25) is 0 Å². The van der Waals surface area contributed by atoms with Crippen LogP contribution < -0.4 is 10.1 Å². The maximum absolute atomic E-state index is 10.9. The van der Waals surface area contributed by atoms with Crippen LogP contribution in [0.1, 0.15) is 10.4 Å². The number of benzene rings is 1. The van der Waals surface area contributed by atoms with E-state index in [1.165, 1.54) is 25.3 Å². The van der Waals surface area contributed by atoms with Crippen LogP contribution >= 0.6 is 0 Å². The normalized spacial score (nSPS) is 9.31. The summed E-state index contributed by atoms with van der Waals surface area (Å²) in [5, 5.41) is 11.1. The maximum atomic E-state index is 10.9. The number of rotatable bonds is 3. The summed E-state index contributed by atoms with van der Waals surface area (Å²) in [6, 6.07) is 3.37. The summed E-state index contributed by atoms with van der Waals surface area (Å²) in [4.78, 5) is 21.8. The Hall–Kier alpha value is -2.02. The molecule has 0 aromatic heterocycles. The first-order valence-electron chi connectivity index (χ1n) is 4.14. The zero-order valence-electron chi connectivity index (χ0n) is 8.26. The molecule has 84 valence electrons. The maximum Gasteiger partial charge on any atom is 0.356 e. The van der Waals surface area contributed by atoms with E-state index in [9.17, 15) is 9.59 Å². The Bertz CT molecular complexity index is 447. The van der Waals surface area contributed by atoms with Gasteiger partial charge in [-0.1, -0.05) is 0 Å². The fourth-order valence-corrected chi connectivity index (χ4v) is 1.12. The van der Waals surface area contributed by atoms with Gasteiger partial charge >= 0.3 is 12.0 Å². The summed E-state index contributed by atoms with van der Waals surface area (Å²) in [6.07, 6.45) is 0. The van der Waals surface area contributed by atoms with Crippen molar-refractivity contribution < 1.29 is 19.4 Å². The van der Waals surface area contributed by atoms with Crippen molar-refractivity contribution >= 4 is 30.1 Å². The summed E-state index contributed by atoms with van der Waals surface area (Å²) >= 11 is 4.18. The lowest BCUT2D eigenvalue weighted by molar-refractivity contribution is 0.0698. The number of carboxylic acid groups (broad SMARTS) is 1. The second kappa shape index (κ2) is 5.17. The highest BCUT2D eigenvalue weighted by Crippen LogP contribution is 2.22. The number of hydrogen-bond acceptors (Lipinski definition) is 4. The lowest BCUT2D eigenvalue weighted by Crippen LogP contribution is -2.10. The summed E-state index contributed by atoms with van der Waals surface area (Å²) < 4.78 is 7.84. The standard InChI is InChI=1S/C9H8N2O4S/c1-15-5-2-3-6(8(12)13)7(4-5)10-9(14)11-16/h2-4H,1H3,(H,10,14)(H,12,13). The molecule has 0 fully saturated rings. The number of nitrogens with one attached hydrogen (secondary N) is 1. The van der Waals surface area contributed by atoms with E-state index in [0.29, 0.717) is 5.75 Å². The lowest BCUT2D eigenvalue weighted by atomic mass is 10.1. The van der Waals surface area contributed by atoms with E-state index < -0.39 is 12.0 Å². The van der Waals surface area contributed by atoms with Gasteiger partial charge in [0.15, 0.2) is 0 Å². The van der Waals surface area contributed by atoms with Crippen molar-refractivity contribution in [1.82, 2.24) is 0 Å². The van der Waals surface area contributed by atoms with Crippen LogP contribution in [0.25, 0.3) is 0 Å². The predicted octanol–water partition coefficient (Wildman–Crippen LogP) is 1.66. The Morgan fingerprint density at radius 3 is 2.69 bits per heavy atom. The van der Waals surface area contributed by atoms with Gasteiger partial charge in [-0.2, -0.15) is 0 Å². The Morgan fingerprint density at radius 2 is 2.19 bits per heavy atom. The summed E-state index contributed by atoms with van der Waals surface area (Å²) in [5.74, 6) is -0.744. The molecule has 16 heavy (non-hydrogen) atoms. The molecule has 0 spiro atoms. The van der Waals surface area contributed by atoms with Gasteiger partial charge in [0, 0.05) is 18.5 Å². The second-order valence-electron chi connectivity index (χ2n) is 2.74. The average molecular weight is 240 g/mol. The Morgan fingerprint density at radius 1 is 1.50 bits per heavy atom. The van der Waals surface area contributed by atoms with Crippen molar-refractivity contribution in [2.75, 3.05) is 12.4 Å². The van der Waals surface area contributed by atoms with Gasteiger partial charge in [0.05, 0.1) is 18.4 Å². The number of amides is 2. The molecule has 1 rings (SSSR count). The van der Waals surface area contributed by atoms with Crippen LogP contribution in [-0.2, 0) is 12.4 Å². The van der Waals surface area contributed by atoms with E-state index in [4.69, 9.17) is 9.84 Å². The highest BCUT2D eigenvalue weighted by molar-refractivity contribution is 7.47. The molecule has 1 aromatic carbocycles. The Kier molecular flexibility index (Phi) is 3.90. The van der Waals surface area contributed by atoms with Crippen molar-refractivity contribution in [2.45, 2.75) is 0 Å². The Labute approximate surface area is 96.4 Å². The minimum Gasteiger partial charge on any atom is -0.497 e. The molecule has 0 aliphatic heterocycles. The summed E-state index contributed by atoms with van der Waals surface area (Å²) in [6.45, 7) is 0. The van der Waals surface area contributed by atoms with Crippen LogP contribution in [0, 0.1) is 0 Å². The van der Waals surface area contributed by atoms with Crippen LogP contribution in [0.2, 0.25) is 0 Å². The zero-order valence-corrected chi connectivity index (χ0v) is 9.08. The van der Waals surface area contributed by atoms with Crippen molar-refractivity contribution in [1.29, 1.82) is 0 Å². The largest absolute Gasteiger partial charge is 0.497 e. The lowest BCUT2D eigenvalue weighted by Gasteiger charge is -2.07. The fraction of sp³-hybridized carbons (Fsp3) is 0.111. The van der Waals surface area contributed by atoms with Crippen molar-refractivity contribution in [3.05, 3.63) is 23.8 Å². The van der Waals surface area contributed by atoms with Crippen LogP contribution in [0.15, 0.2) is 22.6 Å². The molecular weight excluding hydrogens is 232 g/mol. The first kappa shape index (κ1) is 12.1. The molecule has 7 heteroatoms. The molecule has 0 unspecified atom stereocenters. The second-order valence-corrected chi connectivity index (χ2v) is 2.92. The molecule has 0 aliphatic rings. The van der Waals surface area contributed by atoms with Crippen LogP contribution in [0.4, 0.5) is 10.5 Å². The SMILES string of the molecule is COc1ccc(C(=O)O)c(NC(=O)N=S)c1. The number of nitrogens with zero attached hydrogens (tertiary/aromatic N) is 1. The van der Waals surface area contributed by atoms with Crippen LogP contribution in [0.5, 0.6) is 5.75 Å². The summed E-state index contributed by atoms with van der Waals surface area (Å²) in [5.41, 5.74) is 0.0262. The number of carboxylic acids is 1. The molecule has 0 bridgehead atoms. The van der Waals surface area contributed by atoms with Gasteiger partial charge in [0.1, 0.15) is 5.75 Å². The number of ether oxygens (including phenoxy) is 1. The molecule has 0 aliphatic carbocycles. The van der Waals surface area contributed by atoms with E-state index in [0.717, 1.165) is 0 Å². The molecule has 0 heterocycles. The molecular formula is C9H8N2O4S. The number of carbonyl (C=O) groups is 2. The van der Waals surface area contributed by atoms with Crippen LogP contribution in [0.3, 0.4) is 0 Å². The third-order valence-electron chi connectivity index (χ3n) is 1.78. The first-order valence-corrected chi connectivity index (χ1v) is 4.50. The molecule has 0 radical (unpaired) electrons. The molecule has 0 atom stereocenters. The number of urea groups is 1. The van der Waals surface area contributed by atoms with E-state index >= 15 is 0 Å². The van der Waals surface area contributed by atoms with Gasteiger partial charge in [0.2, 0.25) is 0 Å². The topological polar surface area (TPSA) is 88.0 Å². The Balaban J connectivity index is 3.14. The highest BCUT2D eigenvalue weighted by Gasteiger charge is 2.12. The van der Waals surface area contributed by atoms with Crippen molar-refractivity contribution in [2.24, 2.45) is 4.36 Å². The van der Waals surface area contributed by atoms with E-state index in [-0.39, 0.29) is 11.3 Å². The number of carbonyl (C=O) groups excluding carboxylic acids is 1. The van der Waals surface area contributed by atoms with Crippen LogP contribution in [-0.4, -0.2) is 24.2 Å². The van der Waals surface area contributed by atoms with E-state index in [2.05, 4.69) is 22.1 Å². The zero-order chi connectivity index (χ0) is 12.1. The number of aromatic carboxylic acids is 1. The minimum absolute atomic E-state index is 0.0622. The van der Waals surface area contributed by atoms with Gasteiger partial charge in [-0.25, -0.2) is 9.59 Å². The molecule has 2 N–H and O–H groups in total. The third-order valence-corrected chi connectivity index (χ3v) is 1.95. The number of methoxy groups -OCH3 is 1. The quantitative estimate of drug-likeness (QED) is 0.838. The van der Waals surface area contributed by atoms with Gasteiger partial charge in [0.25, 0.3) is 0 Å². The molecule has 0 saturated heterocycles. The van der Waals surface area contributed by atoms with Crippen molar-refractivity contribution in [3.8, 4) is 5.75 Å². The van der Waals surface area contributed by atoms with E-state index in [1.807, 2.05) is 0 Å². The van der Waals surface area contributed by atoms with Crippen molar-refractivity contribution in [3.63, 3.8) is 0 Å². The third kappa shape index (κ3) is 2.74. The van der Waals surface area contributed by atoms with Gasteiger partial charge in [-0.15, -0.1) is 4.36 Å². The molecule has 6 nitrogen and oxygen atoms in total. The monoisotopic (exact) mass is 240 g/mol. The average Bonchev–Trinajstić information content (AvgIpc) is 2.28. The molecule has 1 aromatic rings. The molecule has 0 saturated carbocycles.